The summed E-state index contributed by atoms with van der Waals surface area (Å²) in [6.07, 6.45) is 0.769. The summed E-state index contributed by atoms with van der Waals surface area (Å²) in [7, 11) is 0. The third kappa shape index (κ3) is 1.70. The van der Waals surface area contributed by atoms with Crippen LogP contribution in [0.3, 0.4) is 0 Å². The molecule has 78 valence electrons. The van der Waals surface area contributed by atoms with E-state index in [-0.39, 0.29) is 5.92 Å². The van der Waals surface area contributed by atoms with Gasteiger partial charge in [-0.15, -0.1) is 11.3 Å². The smallest absolute Gasteiger partial charge is 0.104 e. The Morgan fingerprint density at radius 2 is 2.43 bits per heavy atom. The van der Waals surface area contributed by atoms with Crippen molar-refractivity contribution in [1.82, 2.24) is 5.32 Å². The largest absolute Gasteiger partial charge is 0.384 e. The monoisotopic (exact) mass is 231 g/mol. The second kappa shape index (κ2) is 3.81. The third-order valence-electron chi connectivity index (χ3n) is 2.95. The van der Waals surface area contributed by atoms with Crippen LogP contribution in [0.1, 0.15) is 18.2 Å². The van der Waals surface area contributed by atoms with Gasteiger partial charge in [-0.05, 0) is 25.1 Å². The molecule has 4 heteroatoms. The molecule has 0 radical (unpaired) electrons. The summed E-state index contributed by atoms with van der Waals surface area (Å²) < 4.78 is 0.749. The highest BCUT2D eigenvalue weighted by Gasteiger charge is 2.38. The van der Waals surface area contributed by atoms with E-state index in [4.69, 9.17) is 11.6 Å². The fourth-order valence-corrected chi connectivity index (χ4v) is 3.20. The fraction of sp³-hybridized carbons (Fsp3) is 0.600. The molecule has 0 saturated carbocycles. The molecule has 2 heterocycles. The summed E-state index contributed by atoms with van der Waals surface area (Å²) in [6, 6.07) is 3.79. The van der Waals surface area contributed by atoms with Gasteiger partial charge in [0.25, 0.3) is 0 Å². The van der Waals surface area contributed by atoms with Gasteiger partial charge in [0.1, 0.15) is 5.60 Å². The number of thiophene rings is 1. The molecule has 0 amide bonds. The molecule has 0 aromatic carbocycles. The standard InChI is InChI=1S/C10H14ClNOS/c1-7-6-12-5-4-10(7,13)8-2-3-9(11)14-8/h2-3,7,12-13H,4-6H2,1H3. The predicted octanol–water partition coefficient (Wildman–Crippen LogP) is 2.22. The summed E-state index contributed by atoms with van der Waals surface area (Å²) in [5.74, 6) is 0.242. The molecular formula is C10H14ClNOS. The number of hydrogen-bond donors (Lipinski definition) is 2. The minimum absolute atomic E-state index is 0.242. The van der Waals surface area contributed by atoms with E-state index >= 15 is 0 Å². The van der Waals surface area contributed by atoms with Crippen molar-refractivity contribution in [3.63, 3.8) is 0 Å². The molecule has 2 nitrogen and oxygen atoms in total. The number of halogens is 1. The van der Waals surface area contributed by atoms with Crippen molar-refractivity contribution in [3.05, 3.63) is 21.3 Å². The molecule has 1 aliphatic rings. The Bertz CT molecular complexity index is 328. The quantitative estimate of drug-likeness (QED) is 0.777. The van der Waals surface area contributed by atoms with Crippen LogP contribution in [0.15, 0.2) is 12.1 Å². The number of hydrogen-bond acceptors (Lipinski definition) is 3. The predicted molar refractivity (Wildman–Crippen MR) is 59.9 cm³/mol. The lowest BCUT2D eigenvalue weighted by molar-refractivity contribution is -0.0359. The van der Waals surface area contributed by atoms with E-state index in [0.29, 0.717) is 0 Å². The van der Waals surface area contributed by atoms with Crippen LogP contribution in [-0.2, 0) is 5.60 Å². The average Bonchev–Trinajstić information content (AvgIpc) is 2.58. The van der Waals surface area contributed by atoms with Gasteiger partial charge in [-0.25, -0.2) is 0 Å². The van der Waals surface area contributed by atoms with Crippen molar-refractivity contribution in [3.8, 4) is 0 Å². The first-order valence-electron chi connectivity index (χ1n) is 4.82. The zero-order valence-corrected chi connectivity index (χ0v) is 9.66. The molecule has 1 aromatic heterocycles. The van der Waals surface area contributed by atoms with Gasteiger partial charge in [-0.3, -0.25) is 0 Å². The van der Waals surface area contributed by atoms with Gasteiger partial charge in [-0.1, -0.05) is 18.5 Å². The maximum absolute atomic E-state index is 10.5. The van der Waals surface area contributed by atoms with E-state index in [1.807, 2.05) is 12.1 Å². The maximum atomic E-state index is 10.5. The first kappa shape index (κ1) is 10.4. The molecule has 2 atom stereocenters. The highest BCUT2D eigenvalue weighted by atomic mass is 35.5. The highest BCUT2D eigenvalue weighted by Crippen LogP contribution is 2.39. The Hall–Kier alpha value is -0.0900. The van der Waals surface area contributed by atoms with Crippen molar-refractivity contribution in [2.75, 3.05) is 13.1 Å². The second-order valence-electron chi connectivity index (χ2n) is 3.88. The minimum atomic E-state index is -0.678. The molecule has 1 saturated heterocycles. The van der Waals surface area contributed by atoms with Crippen molar-refractivity contribution in [2.24, 2.45) is 5.92 Å². The van der Waals surface area contributed by atoms with Gasteiger partial charge >= 0.3 is 0 Å². The third-order valence-corrected chi connectivity index (χ3v) is 4.35. The van der Waals surface area contributed by atoms with Crippen LogP contribution in [0.4, 0.5) is 0 Å². The molecule has 2 unspecified atom stereocenters. The number of rotatable bonds is 1. The zero-order valence-electron chi connectivity index (χ0n) is 8.09. The molecule has 2 N–H and O–H groups in total. The Kier molecular flexibility index (Phi) is 2.84. The van der Waals surface area contributed by atoms with E-state index in [0.717, 1.165) is 28.7 Å². The molecule has 14 heavy (non-hydrogen) atoms. The van der Waals surface area contributed by atoms with E-state index in [1.165, 1.54) is 11.3 Å². The molecule has 2 rings (SSSR count). The zero-order chi connectivity index (χ0) is 10.2. The molecule has 0 aliphatic carbocycles. The first-order chi connectivity index (χ1) is 6.63. The summed E-state index contributed by atoms with van der Waals surface area (Å²) in [6.45, 7) is 3.81. The van der Waals surface area contributed by atoms with Crippen molar-refractivity contribution in [2.45, 2.75) is 18.9 Å². The normalized spacial score (nSPS) is 33.2. The van der Waals surface area contributed by atoms with Crippen molar-refractivity contribution in [1.29, 1.82) is 0 Å². The summed E-state index contributed by atoms with van der Waals surface area (Å²) in [5, 5.41) is 13.8. The Labute approximate surface area is 92.9 Å². The SMILES string of the molecule is CC1CNCCC1(O)c1ccc(Cl)s1. The van der Waals surface area contributed by atoms with Crippen LogP contribution in [0.25, 0.3) is 0 Å². The Morgan fingerprint density at radius 3 is 3.00 bits per heavy atom. The summed E-state index contributed by atoms with van der Waals surface area (Å²) in [5.41, 5.74) is -0.678. The van der Waals surface area contributed by atoms with E-state index < -0.39 is 5.60 Å². The molecule has 1 aromatic rings. The van der Waals surface area contributed by atoms with Gasteiger partial charge in [0.05, 0.1) is 4.34 Å². The molecule has 0 spiro atoms. The molecular weight excluding hydrogens is 218 g/mol. The Morgan fingerprint density at radius 1 is 1.64 bits per heavy atom. The highest BCUT2D eigenvalue weighted by molar-refractivity contribution is 7.16. The lowest BCUT2D eigenvalue weighted by atomic mass is 9.82. The number of piperidine rings is 1. The fourth-order valence-electron chi connectivity index (χ4n) is 1.93. The van der Waals surface area contributed by atoms with Crippen molar-refractivity contribution < 1.29 is 5.11 Å². The van der Waals surface area contributed by atoms with Gasteiger partial charge in [0, 0.05) is 17.3 Å². The van der Waals surface area contributed by atoms with E-state index in [1.54, 1.807) is 0 Å². The van der Waals surface area contributed by atoms with Crippen LogP contribution < -0.4 is 5.32 Å². The summed E-state index contributed by atoms with van der Waals surface area (Å²) >= 11 is 7.37. The van der Waals surface area contributed by atoms with Crippen LogP contribution in [0.5, 0.6) is 0 Å². The van der Waals surface area contributed by atoms with Crippen LogP contribution in [-0.4, -0.2) is 18.2 Å². The Balaban J connectivity index is 2.29. The van der Waals surface area contributed by atoms with Gasteiger partial charge in [0.15, 0.2) is 0 Å². The number of aliphatic hydroxyl groups is 1. The topological polar surface area (TPSA) is 32.3 Å². The molecule has 1 fully saturated rings. The summed E-state index contributed by atoms with van der Waals surface area (Å²) in [4.78, 5) is 0.997. The maximum Gasteiger partial charge on any atom is 0.104 e. The van der Waals surface area contributed by atoms with Crippen LogP contribution >= 0.6 is 22.9 Å². The average molecular weight is 232 g/mol. The van der Waals surface area contributed by atoms with Gasteiger partial charge < -0.3 is 10.4 Å². The minimum Gasteiger partial charge on any atom is -0.384 e. The van der Waals surface area contributed by atoms with E-state index in [2.05, 4.69) is 12.2 Å². The molecule has 0 bridgehead atoms. The lowest BCUT2D eigenvalue weighted by Gasteiger charge is -2.37. The first-order valence-corrected chi connectivity index (χ1v) is 6.01. The molecule has 1 aliphatic heterocycles. The van der Waals surface area contributed by atoms with Gasteiger partial charge in [0.2, 0.25) is 0 Å². The van der Waals surface area contributed by atoms with Gasteiger partial charge in [-0.2, -0.15) is 0 Å². The number of nitrogens with one attached hydrogen (secondary N) is 1. The van der Waals surface area contributed by atoms with E-state index in [9.17, 15) is 5.11 Å². The second-order valence-corrected chi connectivity index (χ2v) is 5.60. The lowest BCUT2D eigenvalue weighted by Crippen LogP contribution is -2.46. The van der Waals surface area contributed by atoms with Crippen LogP contribution in [0, 0.1) is 5.92 Å². The van der Waals surface area contributed by atoms with Crippen molar-refractivity contribution >= 4 is 22.9 Å². The van der Waals surface area contributed by atoms with Crippen LogP contribution in [0.2, 0.25) is 4.34 Å².